The van der Waals surface area contributed by atoms with Gasteiger partial charge in [0.05, 0.1) is 6.26 Å². The van der Waals surface area contributed by atoms with Crippen molar-refractivity contribution in [1.82, 2.24) is 14.7 Å². The Morgan fingerprint density at radius 3 is 2.35 bits per heavy atom. The van der Waals surface area contributed by atoms with Crippen LogP contribution in [0.3, 0.4) is 0 Å². The van der Waals surface area contributed by atoms with Gasteiger partial charge in [-0.05, 0) is 45.4 Å². The van der Waals surface area contributed by atoms with Gasteiger partial charge >= 0.3 is 0 Å². The largest absolute Gasteiger partial charge is 0.254 e. The molecule has 3 atom stereocenters. The van der Waals surface area contributed by atoms with E-state index in [9.17, 15) is 8.42 Å². The molecule has 1 N–H and O–H groups in total. The van der Waals surface area contributed by atoms with Crippen molar-refractivity contribution in [3.8, 4) is 0 Å². The number of hydrazine groups is 1. The standard InChI is InChI=1S/C14H29N3O2S/c1-12-6-4-7-13(2)17(12)15-10-14-8-5-9-16(11-14)20(3,18)19/h12-15H,4-11H2,1-3H3. The third kappa shape index (κ3) is 4.16. The Hall–Kier alpha value is -0.170. The van der Waals surface area contributed by atoms with Crippen molar-refractivity contribution in [3.05, 3.63) is 0 Å². The number of piperidine rings is 2. The SMILES string of the molecule is CC1CCCC(C)N1NCC1CCCN(S(C)(=O)=O)C1. The maximum Gasteiger partial charge on any atom is 0.211 e. The minimum atomic E-state index is -3.03. The van der Waals surface area contributed by atoms with Crippen molar-refractivity contribution in [3.63, 3.8) is 0 Å². The third-order valence-electron chi connectivity index (χ3n) is 4.71. The molecule has 0 saturated carbocycles. The molecule has 118 valence electrons. The first-order chi connectivity index (χ1) is 9.38. The van der Waals surface area contributed by atoms with Gasteiger partial charge in [-0.1, -0.05) is 6.42 Å². The number of hydrogen-bond acceptors (Lipinski definition) is 4. The summed E-state index contributed by atoms with van der Waals surface area (Å²) in [5, 5.41) is 2.38. The highest BCUT2D eigenvalue weighted by molar-refractivity contribution is 7.88. The van der Waals surface area contributed by atoms with Crippen LogP contribution in [0.5, 0.6) is 0 Å². The molecule has 6 heteroatoms. The lowest BCUT2D eigenvalue weighted by atomic mass is 9.98. The molecule has 0 aromatic rings. The number of nitrogens with one attached hydrogen (secondary N) is 1. The lowest BCUT2D eigenvalue weighted by molar-refractivity contribution is 0.0369. The molecule has 0 aromatic heterocycles. The molecule has 5 nitrogen and oxygen atoms in total. The zero-order valence-corrected chi connectivity index (χ0v) is 13.8. The fraction of sp³-hybridized carbons (Fsp3) is 1.00. The van der Waals surface area contributed by atoms with E-state index in [2.05, 4.69) is 24.3 Å². The van der Waals surface area contributed by atoms with Crippen LogP contribution in [0.4, 0.5) is 0 Å². The summed E-state index contributed by atoms with van der Waals surface area (Å²) in [6.07, 6.45) is 7.22. The van der Waals surface area contributed by atoms with Crippen LogP contribution in [-0.4, -0.2) is 55.7 Å². The van der Waals surface area contributed by atoms with Gasteiger partial charge in [0, 0.05) is 31.7 Å². The van der Waals surface area contributed by atoms with Crippen molar-refractivity contribution in [1.29, 1.82) is 0 Å². The van der Waals surface area contributed by atoms with E-state index in [0.29, 0.717) is 31.1 Å². The Kier molecular flexibility index (Phi) is 5.45. The van der Waals surface area contributed by atoms with Gasteiger partial charge < -0.3 is 0 Å². The van der Waals surface area contributed by atoms with Gasteiger partial charge in [-0.25, -0.2) is 17.7 Å². The quantitative estimate of drug-likeness (QED) is 0.853. The summed E-state index contributed by atoms with van der Waals surface area (Å²) in [4.78, 5) is 0. The molecule has 0 radical (unpaired) electrons. The van der Waals surface area contributed by atoms with Crippen LogP contribution >= 0.6 is 0 Å². The summed E-state index contributed by atoms with van der Waals surface area (Å²) in [5.74, 6) is 0.430. The molecule has 0 bridgehead atoms. The summed E-state index contributed by atoms with van der Waals surface area (Å²) in [6, 6.07) is 1.15. The summed E-state index contributed by atoms with van der Waals surface area (Å²) in [5.41, 5.74) is 3.57. The van der Waals surface area contributed by atoms with Gasteiger partial charge in [-0.2, -0.15) is 0 Å². The zero-order valence-electron chi connectivity index (χ0n) is 13.0. The molecule has 0 aromatic carbocycles. The van der Waals surface area contributed by atoms with Crippen LogP contribution in [0.2, 0.25) is 0 Å². The van der Waals surface area contributed by atoms with E-state index in [1.54, 1.807) is 4.31 Å². The molecule has 0 spiro atoms. The Labute approximate surface area is 123 Å². The fourth-order valence-electron chi connectivity index (χ4n) is 3.46. The lowest BCUT2D eigenvalue weighted by Crippen LogP contribution is -2.54. The number of sulfonamides is 1. The first-order valence-electron chi connectivity index (χ1n) is 7.85. The molecular weight excluding hydrogens is 274 g/mol. The van der Waals surface area contributed by atoms with Crippen LogP contribution < -0.4 is 5.43 Å². The molecule has 3 unspecified atom stereocenters. The number of hydrogen-bond donors (Lipinski definition) is 1. The Bertz CT molecular complexity index is 403. The summed E-state index contributed by atoms with van der Waals surface area (Å²) < 4.78 is 24.9. The molecule has 2 rings (SSSR count). The van der Waals surface area contributed by atoms with E-state index in [-0.39, 0.29) is 0 Å². The summed E-state index contributed by atoms with van der Waals surface area (Å²) >= 11 is 0. The van der Waals surface area contributed by atoms with Crippen molar-refractivity contribution in [2.45, 2.75) is 58.0 Å². The van der Waals surface area contributed by atoms with E-state index in [1.807, 2.05) is 0 Å². The zero-order chi connectivity index (χ0) is 14.8. The first kappa shape index (κ1) is 16.2. The van der Waals surface area contributed by atoms with Crippen molar-refractivity contribution in [2.24, 2.45) is 5.92 Å². The van der Waals surface area contributed by atoms with E-state index < -0.39 is 10.0 Å². The highest BCUT2D eigenvalue weighted by Gasteiger charge is 2.28. The maximum absolute atomic E-state index is 11.6. The highest BCUT2D eigenvalue weighted by atomic mass is 32.2. The molecular formula is C14H29N3O2S. The normalized spacial score (nSPS) is 34.2. The third-order valence-corrected chi connectivity index (χ3v) is 5.98. The Morgan fingerprint density at radius 2 is 1.75 bits per heavy atom. The minimum absolute atomic E-state index is 0.430. The van der Waals surface area contributed by atoms with Gasteiger partial charge in [0.25, 0.3) is 0 Å². The van der Waals surface area contributed by atoms with E-state index >= 15 is 0 Å². The lowest BCUT2D eigenvalue weighted by Gasteiger charge is -2.40. The van der Waals surface area contributed by atoms with Crippen LogP contribution in [-0.2, 0) is 10.0 Å². The Morgan fingerprint density at radius 1 is 1.10 bits per heavy atom. The predicted molar refractivity (Wildman–Crippen MR) is 81.8 cm³/mol. The van der Waals surface area contributed by atoms with Crippen molar-refractivity contribution < 1.29 is 8.42 Å². The van der Waals surface area contributed by atoms with Gasteiger partial charge in [0.1, 0.15) is 0 Å². The maximum atomic E-state index is 11.6. The molecule has 2 heterocycles. The van der Waals surface area contributed by atoms with Crippen LogP contribution in [0, 0.1) is 5.92 Å². The second-order valence-electron chi connectivity index (χ2n) is 6.53. The van der Waals surface area contributed by atoms with E-state index in [1.165, 1.54) is 25.5 Å². The van der Waals surface area contributed by atoms with Crippen LogP contribution in [0.15, 0.2) is 0 Å². The minimum Gasteiger partial charge on any atom is -0.254 e. The Balaban J connectivity index is 1.84. The molecule has 0 aliphatic carbocycles. The second-order valence-corrected chi connectivity index (χ2v) is 8.51. The molecule has 20 heavy (non-hydrogen) atoms. The topological polar surface area (TPSA) is 52.6 Å². The predicted octanol–water partition coefficient (Wildman–Crippen LogP) is 1.43. The summed E-state index contributed by atoms with van der Waals surface area (Å²) in [6.45, 7) is 6.79. The molecule has 0 amide bonds. The molecule has 2 saturated heterocycles. The van der Waals surface area contributed by atoms with E-state index in [4.69, 9.17) is 0 Å². The smallest absolute Gasteiger partial charge is 0.211 e. The summed E-state index contributed by atoms with van der Waals surface area (Å²) in [7, 11) is -3.03. The number of nitrogens with zero attached hydrogens (tertiary/aromatic N) is 2. The average Bonchev–Trinajstić information content (AvgIpc) is 2.37. The van der Waals surface area contributed by atoms with Gasteiger partial charge in [0.15, 0.2) is 0 Å². The second kappa shape index (κ2) is 6.73. The van der Waals surface area contributed by atoms with Gasteiger partial charge in [0.2, 0.25) is 10.0 Å². The van der Waals surface area contributed by atoms with Crippen LogP contribution in [0.1, 0.15) is 46.0 Å². The molecule has 2 aliphatic rings. The fourth-order valence-corrected chi connectivity index (χ4v) is 4.40. The first-order valence-corrected chi connectivity index (χ1v) is 9.69. The van der Waals surface area contributed by atoms with Gasteiger partial charge in [-0.3, -0.25) is 5.43 Å². The van der Waals surface area contributed by atoms with Crippen molar-refractivity contribution in [2.75, 3.05) is 25.9 Å². The molecule has 2 aliphatic heterocycles. The van der Waals surface area contributed by atoms with E-state index in [0.717, 1.165) is 19.4 Å². The molecule has 2 fully saturated rings. The average molecular weight is 303 g/mol. The number of rotatable bonds is 4. The van der Waals surface area contributed by atoms with Gasteiger partial charge in [-0.15, -0.1) is 0 Å². The monoisotopic (exact) mass is 303 g/mol. The van der Waals surface area contributed by atoms with Crippen LogP contribution in [0.25, 0.3) is 0 Å². The van der Waals surface area contributed by atoms with Crippen molar-refractivity contribution >= 4 is 10.0 Å². The highest BCUT2D eigenvalue weighted by Crippen LogP contribution is 2.22.